The molecule has 1 aromatic rings. The number of aliphatic carboxylic acids is 1. The van der Waals surface area contributed by atoms with Gasteiger partial charge in [-0.15, -0.1) is 0 Å². The van der Waals surface area contributed by atoms with E-state index in [1.54, 1.807) is 14.0 Å². The fourth-order valence-electron chi connectivity index (χ4n) is 3.55. The van der Waals surface area contributed by atoms with Gasteiger partial charge in [-0.1, -0.05) is 22.0 Å². The van der Waals surface area contributed by atoms with Crippen LogP contribution >= 0.6 is 15.9 Å². The van der Waals surface area contributed by atoms with E-state index in [2.05, 4.69) is 28.1 Å². The number of likely N-dealkylation sites (N-methyl/N-ethyl adjacent to an activating group) is 1. The number of benzene rings is 1. The number of hydrogen-bond donors (Lipinski definition) is 1. The summed E-state index contributed by atoms with van der Waals surface area (Å²) in [6, 6.07) is 5.49. The number of carbonyl (C=O) groups is 2. The molecule has 4 nitrogen and oxygen atoms in total. The molecule has 2 aliphatic carbocycles. The molecule has 0 saturated heterocycles. The average molecular weight is 352 g/mol. The first-order chi connectivity index (χ1) is 9.86. The molecule has 2 aliphatic rings. The highest BCUT2D eigenvalue weighted by Crippen LogP contribution is 2.62. The van der Waals surface area contributed by atoms with Crippen LogP contribution in [0.25, 0.3) is 0 Å². The Hall–Kier alpha value is -1.36. The molecule has 1 N–H and O–H groups in total. The summed E-state index contributed by atoms with van der Waals surface area (Å²) in [4.78, 5) is 25.0. The second-order valence-electron chi connectivity index (χ2n) is 6.18. The Kier molecular flexibility index (Phi) is 3.35. The Labute approximate surface area is 132 Å². The molecular weight excluding hydrogens is 334 g/mol. The number of hydrogen-bond acceptors (Lipinski definition) is 2. The van der Waals surface area contributed by atoms with Gasteiger partial charge >= 0.3 is 5.97 Å². The van der Waals surface area contributed by atoms with Crippen molar-refractivity contribution in [3.05, 3.63) is 33.8 Å². The van der Waals surface area contributed by atoms with Crippen LogP contribution in [0, 0.1) is 5.92 Å². The standard InChI is InChI=1S/C16H18BrNO3/c1-9(15(20)21)18(2)14(19)13-8-16(13)6-5-10-7-11(17)3-4-12(10)16/h3-4,7,9,13H,5-6,8H2,1-2H3,(H,20,21). The zero-order valence-electron chi connectivity index (χ0n) is 12.1. The molecule has 0 heterocycles. The lowest BCUT2D eigenvalue weighted by atomic mass is 9.95. The van der Waals surface area contributed by atoms with E-state index in [4.69, 9.17) is 5.11 Å². The van der Waals surface area contributed by atoms with E-state index in [1.165, 1.54) is 16.0 Å². The van der Waals surface area contributed by atoms with Crippen molar-refractivity contribution in [3.63, 3.8) is 0 Å². The van der Waals surface area contributed by atoms with Crippen molar-refractivity contribution in [2.45, 2.75) is 37.6 Å². The van der Waals surface area contributed by atoms with Crippen LogP contribution in [0.1, 0.15) is 30.9 Å². The molecule has 0 aliphatic heterocycles. The maximum Gasteiger partial charge on any atom is 0.326 e. The Morgan fingerprint density at radius 1 is 1.48 bits per heavy atom. The van der Waals surface area contributed by atoms with Gasteiger partial charge in [-0.05, 0) is 49.4 Å². The van der Waals surface area contributed by atoms with E-state index in [-0.39, 0.29) is 17.2 Å². The maximum atomic E-state index is 12.5. The van der Waals surface area contributed by atoms with E-state index in [0.29, 0.717) is 0 Å². The molecule has 0 aromatic heterocycles. The van der Waals surface area contributed by atoms with Gasteiger partial charge in [-0.25, -0.2) is 4.79 Å². The maximum absolute atomic E-state index is 12.5. The molecule has 1 saturated carbocycles. The predicted octanol–water partition coefficient (Wildman–Crippen LogP) is 2.58. The van der Waals surface area contributed by atoms with Gasteiger partial charge in [0.25, 0.3) is 0 Å². The van der Waals surface area contributed by atoms with Crippen molar-refractivity contribution in [3.8, 4) is 0 Å². The van der Waals surface area contributed by atoms with E-state index < -0.39 is 12.0 Å². The van der Waals surface area contributed by atoms with Crippen molar-refractivity contribution in [1.82, 2.24) is 4.90 Å². The number of halogens is 1. The number of fused-ring (bicyclic) bond motifs is 2. The first-order valence-corrected chi connectivity index (χ1v) is 7.94. The summed E-state index contributed by atoms with van der Waals surface area (Å²) in [6.45, 7) is 1.55. The minimum atomic E-state index is -0.962. The van der Waals surface area contributed by atoms with Crippen molar-refractivity contribution in [2.75, 3.05) is 7.05 Å². The summed E-state index contributed by atoms with van der Waals surface area (Å²) >= 11 is 3.48. The van der Waals surface area contributed by atoms with Gasteiger partial charge in [0.1, 0.15) is 6.04 Å². The molecule has 3 rings (SSSR count). The number of rotatable bonds is 3. The molecule has 5 heteroatoms. The minimum Gasteiger partial charge on any atom is -0.480 e. The van der Waals surface area contributed by atoms with Crippen molar-refractivity contribution < 1.29 is 14.7 Å². The molecule has 1 amide bonds. The Balaban J connectivity index is 1.81. The van der Waals surface area contributed by atoms with E-state index in [9.17, 15) is 9.59 Å². The highest BCUT2D eigenvalue weighted by Gasteiger charge is 2.62. The van der Waals surface area contributed by atoms with Crippen molar-refractivity contribution >= 4 is 27.8 Å². The van der Waals surface area contributed by atoms with Gasteiger partial charge in [-0.3, -0.25) is 4.79 Å². The quantitative estimate of drug-likeness (QED) is 0.910. The highest BCUT2D eigenvalue weighted by atomic mass is 79.9. The zero-order valence-corrected chi connectivity index (χ0v) is 13.7. The summed E-state index contributed by atoms with van der Waals surface area (Å²) in [5.74, 6) is -1.07. The van der Waals surface area contributed by atoms with Gasteiger partial charge in [0.05, 0.1) is 0 Å². The van der Waals surface area contributed by atoms with E-state index in [1.807, 2.05) is 6.07 Å². The second-order valence-corrected chi connectivity index (χ2v) is 7.09. The smallest absolute Gasteiger partial charge is 0.326 e. The molecule has 3 unspecified atom stereocenters. The number of carbonyl (C=O) groups excluding carboxylic acids is 1. The predicted molar refractivity (Wildman–Crippen MR) is 82.1 cm³/mol. The summed E-state index contributed by atoms with van der Waals surface area (Å²) < 4.78 is 1.07. The average Bonchev–Trinajstić information content (AvgIpc) is 3.07. The molecule has 1 aromatic carbocycles. The van der Waals surface area contributed by atoms with Gasteiger partial charge in [0.15, 0.2) is 0 Å². The summed E-state index contributed by atoms with van der Waals surface area (Å²) in [5, 5.41) is 9.05. The minimum absolute atomic E-state index is 0.0410. The number of carboxylic acids is 1. The fraction of sp³-hybridized carbons (Fsp3) is 0.500. The third-order valence-corrected chi connectivity index (χ3v) is 5.60. The second kappa shape index (κ2) is 4.83. The molecule has 1 fully saturated rings. The highest BCUT2D eigenvalue weighted by molar-refractivity contribution is 9.10. The van der Waals surface area contributed by atoms with Crippen LogP contribution in [0.15, 0.2) is 22.7 Å². The topological polar surface area (TPSA) is 57.6 Å². The normalized spacial score (nSPS) is 27.3. The molecule has 21 heavy (non-hydrogen) atoms. The number of amides is 1. The summed E-state index contributed by atoms with van der Waals surface area (Å²) in [5.41, 5.74) is 2.55. The molecule has 0 radical (unpaired) electrons. The van der Waals surface area contributed by atoms with Crippen LogP contribution in [-0.2, 0) is 21.4 Å². The van der Waals surface area contributed by atoms with Gasteiger partial charge < -0.3 is 10.0 Å². The Morgan fingerprint density at radius 2 is 2.19 bits per heavy atom. The SMILES string of the molecule is CC(C(=O)O)N(C)C(=O)C1CC12CCc1cc(Br)ccc12. The third kappa shape index (κ3) is 2.18. The van der Waals surface area contributed by atoms with Crippen LogP contribution < -0.4 is 0 Å². The van der Waals surface area contributed by atoms with Crippen LogP contribution in [0.3, 0.4) is 0 Å². The molecule has 0 bridgehead atoms. The lowest BCUT2D eigenvalue weighted by molar-refractivity contribution is -0.148. The first kappa shape index (κ1) is 14.6. The molecule has 1 spiro atoms. The lowest BCUT2D eigenvalue weighted by Gasteiger charge is -2.23. The van der Waals surface area contributed by atoms with Crippen LogP contribution in [-0.4, -0.2) is 35.0 Å². The van der Waals surface area contributed by atoms with Crippen molar-refractivity contribution in [1.29, 1.82) is 0 Å². The van der Waals surface area contributed by atoms with Crippen LogP contribution in [0.5, 0.6) is 0 Å². The molecular formula is C16H18BrNO3. The zero-order chi connectivity index (χ0) is 15.4. The number of carboxylic acid groups (broad SMARTS) is 1. The fourth-order valence-corrected chi connectivity index (χ4v) is 3.96. The first-order valence-electron chi connectivity index (χ1n) is 7.15. The van der Waals surface area contributed by atoms with Gasteiger partial charge in [0.2, 0.25) is 5.91 Å². The molecule has 112 valence electrons. The van der Waals surface area contributed by atoms with E-state index in [0.717, 1.165) is 23.7 Å². The summed E-state index contributed by atoms with van der Waals surface area (Å²) in [6.07, 6.45) is 2.83. The lowest BCUT2D eigenvalue weighted by Crippen LogP contribution is -2.42. The number of aryl methyl sites for hydroxylation is 1. The van der Waals surface area contributed by atoms with Crippen molar-refractivity contribution in [2.24, 2.45) is 5.92 Å². The van der Waals surface area contributed by atoms with E-state index >= 15 is 0 Å². The Morgan fingerprint density at radius 3 is 2.86 bits per heavy atom. The monoisotopic (exact) mass is 351 g/mol. The van der Waals surface area contributed by atoms with Gasteiger partial charge in [-0.2, -0.15) is 0 Å². The summed E-state index contributed by atoms with van der Waals surface area (Å²) in [7, 11) is 1.59. The largest absolute Gasteiger partial charge is 0.480 e. The molecule has 3 atom stereocenters. The van der Waals surface area contributed by atoms with Gasteiger partial charge in [0, 0.05) is 22.9 Å². The number of nitrogens with zero attached hydrogens (tertiary/aromatic N) is 1. The Bertz CT molecular complexity index is 630. The van der Waals surface area contributed by atoms with Crippen LogP contribution in [0.2, 0.25) is 0 Å². The van der Waals surface area contributed by atoms with Crippen LogP contribution in [0.4, 0.5) is 0 Å². The third-order valence-electron chi connectivity index (χ3n) is 5.10.